The van der Waals surface area contributed by atoms with E-state index in [1.165, 1.54) is 5.56 Å². The Hall–Kier alpha value is -0.810. The maximum atomic E-state index is 5.98. The number of fused-ring (bicyclic) bond motifs is 1. The number of hydrogen-bond acceptors (Lipinski definition) is 4. The average Bonchev–Trinajstić information content (AvgIpc) is 2.79. The summed E-state index contributed by atoms with van der Waals surface area (Å²) >= 11 is 5.98. The molecule has 1 aromatic rings. The monoisotopic (exact) mass is 298 g/mol. The highest BCUT2D eigenvalue weighted by Gasteiger charge is 2.22. The van der Waals surface area contributed by atoms with Gasteiger partial charge in [-0.15, -0.1) is 0 Å². The molecule has 0 fully saturated rings. The molecular weight excluding hydrogens is 276 g/mol. The van der Waals surface area contributed by atoms with E-state index in [-0.39, 0.29) is 6.10 Å². The summed E-state index contributed by atoms with van der Waals surface area (Å²) in [5.41, 5.74) is 1.20. The molecule has 5 heteroatoms. The van der Waals surface area contributed by atoms with E-state index in [4.69, 9.17) is 21.1 Å². The fraction of sp³-hybridized carbons (Fsp3) is 0.600. The molecule has 2 rings (SSSR count). The highest BCUT2D eigenvalue weighted by atomic mass is 35.5. The standard InChI is InChI=1S/C15H23ClN2O2/c1-18(2)6-8-19-7-5-17-11-14-10-12-9-13(16)3-4-15(12)20-14/h3-4,9,14,17H,5-8,10-11H2,1-2H3. The van der Waals surface area contributed by atoms with Crippen molar-refractivity contribution in [3.8, 4) is 5.75 Å². The average molecular weight is 299 g/mol. The molecule has 1 unspecified atom stereocenters. The molecule has 0 spiro atoms. The van der Waals surface area contributed by atoms with Crippen LogP contribution in [-0.2, 0) is 11.2 Å². The van der Waals surface area contributed by atoms with Crippen LogP contribution in [0, 0.1) is 0 Å². The van der Waals surface area contributed by atoms with E-state index in [9.17, 15) is 0 Å². The van der Waals surface area contributed by atoms with Crippen molar-refractivity contribution in [3.05, 3.63) is 28.8 Å². The quantitative estimate of drug-likeness (QED) is 0.742. The third-order valence-corrected chi connectivity index (χ3v) is 3.48. The van der Waals surface area contributed by atoms with Gasteiger partial charge in [-0.3, -0.25) is 0 Å². The lowest BCUT2D eigenvalue weighted by Gasteiger charge is -2.13. The Labute approximate surface area is 126 Å². The van der Waals surface area contributed by atoms with Crippen LogP contribution in [-0.4, -0.2) is 57.9 Å². The van der Waals surface area contributed by atoms with Crippen molar-refractivity contribution in [2.75, 3.05) is 46.9 Å². The molecule has 1 aromatic carbocycles. The van der Waals surface area contributed by atoms with Crippen LogP contribution in [0.3, 0.4) is 0 Å². The third kappa shape index (κ3) is 4.94. The topological polar surface area (TPSA) is 33.7 Å². The lowest BCUT2D eigenvalue weighted by atomic mass is 10.1. The molecular formula is C15H23ClN2O2. The van der Waals surface area contributed by atoms with Gasteiger partial charge in [0.2, 0.25) is 0 Å². The van der Waals surface area contributed by atoms with Crippen molar-refractivity contribution in [2.24, 2.45) is 0 Å². The molecule has 0 aromatic heterocycles. The highest BCUT2D eigenvalue weighted by Crippen LogP contribution is 2.30. The summed E-state index contributed by atoms with van der Waals surface area (Å²) in [5, 5.41) is 4.14. The van der Waals surface area contributed by atoms with Crippen LogP contribution < -0.4 is 10.1 Å². The Kier molecular flexibility index (Phi) is 6.10. The van der Waals surface area contributed by atoms with Gasteiger partial charge in [-0.1, -0.05) is 11.6 Å². The lowest BCUT2D eigenvalue weighted by molar-refractivity contribution is 0.117. The molecule has 4 nitrogen and oxygen atoms in total. The molecule has 112 valence electrons. The van der Waals surface area contributed by atoms with Crippen LogP contribution in [0.1, 0.15) is 5.56 Å². The summed E-state index contributed by atoms with van der Waals surface area (Å²) in [4.78, 5) is 2.11. The van der Waals surface area contributed by atoms with Crippen molar-refractivity contribution in [3.63, 3.8) is 0 Å². The van der Waals surface area contributed by atoms with E-state index >= 15 is 0 Å². The Bertz CT molecular complexity index is 426. The normalized spacial score (nSPS) is 17.3. The van der Waals surface area contributed by atoms with Crippen LogP contribution in [0.25, 0.3) is 0 Å². The van der Waals surface area contributed by atoms with Crippen LogP contribution in [0.4, 0.5) is 0 Å². The first-order chi connectivity index (χ1) is 9.65. The summed E-state index contributed by atoms with van der Waals surface area (Å²) in [5.74, 6) is 0.962. The van der Waals surface area contributed by atoms with Crippen molar-refractivity contribution in [2.45, 2.75) is 12.5 Å². The number of benzene rings is 1. The zero-order chi connectivity index (χ0) is 14.4. The van der Waals surface area contributed by atoms with E-state index < -0.39 is 0 Å². The molecule has 1 heterocycles. The second-order valence-corrected chi connectivity index (χ2v) is 5.75. The fourth-order valence-corrected chi connectivity index (χ4v) is 2.35. The van der Waals surface area contributed by atoms with E-state index in [1.807, 2.05) is 32.3 Å². The number of hydrogen-bond donors (Lipinski definition) is 1. The Morgan fingerprint density at radius 2 is 2.25 bits per heavy atom. The molecule has 0 saturated heterocycles. The van der Waals surface area contributed by atoms with Crippen molar-refractivity contribution in [1.82, 2.24) is 10.2 Å². The minimum atomic E-state index is 0.199. The molecule has 0 amide bonds. The molecule has 0 radical (unpaired) electrons. The molecule has 1 aliphatic rings. The number of nitrogens with one attached hydrogen (secondary N) is 1. The highest BCUT2D eigenvalue weighted by molar-refractivity contribution is 6.30. The fourth-order valence-electron chi connectivity index (χ4n) is 2.16. The number of rotatable bonds is 8. The molecule has 1 atom stereocenters. The van der Waals surface area contributed by atoms with Gasteiger partial charge in [0, 0.05) is 31.1 Å². The second-order valence-electron chi connectivity index (χ2n) is 5.32. The summed E-state index contributed by atoms with van der Waals surface area (Å²) < 4.78 is 11.4. The van der Waals surface area contributed by atoms with Gasteiger partial charge in [0.15, 0.2) is 0 Å². The molecule has 0 bridgehead atoms. The number of halogens is 1. The van der Waals surface area contributed by atoms with Gasteiger partial charge in [0.25, 0.3) is 0 Å². The molecule has 20 heavy (non-hydrogen) atoms. The first kappa shape index (κ1) is 15.6. The van der Waals surface area contributed by atoms with E-state index in [0.717, 1.165) is 50.0 Å². The van der Waals surface area contributed by atoms with E-state index in [0.29, 0.717) is 0 Å². The minimum absolute atomic E-state index is 0.199. The molecule has 0 saturated carbocycles. The van der Waals surface area contributed by atoms with Crippen LogP contribution in [0.15, 0.2) is 18.2 Å². The number of ether oxygens (including phenoxy) is 2. The van der Waals surface area contributed by atoms with Crippen molar-refractivity contribution < 1.29 is 9.47 Å². The smallest absolute Gasteiger partial charge is 0.123 e. The summed E-state index contributed by atoms with van der Waals surface area (Å²) in [6.45, 7) is 4.16. The first-order valence-electron chi connectivity index (χ1n) is 7.03. The Balaban J connectivity index is 1.56. The number of likely N-dealkylation sites (N-methyl/N-ethyl adjacent to an activating group) is 1. The summed E-state index contributed by atoms with van der Waals surface area (Å²) in [6, 6.07) is 5.80. The molecule has 1 N–H and O–H groups in total. The van der Waals surface area contributed by atoms with Crippen LogP contribution in [0.5, 0.6) is 5.75 Å². The van der Waals surface area contributed by atoms with Gasteiger partial charge in [0.1, 0.15) is 11.9 Å². The predicted molar refractivity (Wildman–Crippen MR) is 81.8 cm³/mol. The van der Waals surface area contributed by atoms with Gasteiger partial charge >= 0.3 is 0 Å². The first-order valence-corrected chi connectivity index (χ1v) is 7.41. The zero-order valence-electron chi connectivity index (χ0n) is 12.2. The largest absolute Gasteiger partial charge is 0.488 e. The van der Waals surface area contributed by atoms with Crippen molar-refractivity contribution in [1.29, 1.82) is 0 Å². The van der Waals surface area contributed by atoms with E-state index in [1.54, 1.807) is 0 Å². The van der Waals surface area contributed by atoms with Gasteiger partial charge < -0.3 is 19.7 Å². The summed E-state index contributed by atoms with van der Waals surface area (Å²) in [7, 11) is 4.09. The minimum Gasteiger partial charge on any atom is -0.488 e. The molecule has 1 aliphatic heterocycles. The molecule has 0 aliphatic carbocycles. The Morgan fingerprint density at radius 3 is 3.05 bits per heavy atom. The predicted octanol–water partition coefficient (Wildman–Crippen LogP) is 1.81. The lowest BCUT2D eigenvalue weighted by Crippen LogP contribution is -2.32. The van der Waals surface area contributed by atoms with Gasteiger partial charge in [-0.25, -0.2) is 0 Å². The summed E-state index contributed by atoms with van der Waals surface area (Å²) in [6.07, 6.45) is 1.12. The van der Waals surface area contributed by atoms with Gasteiger partial charge in [0.05, 0.1) is 13.2 Å². The van der Waals surface area contributed by atoms with Gasteiger partial charge in [-0.05, 0) is 37.9 Å². The van der Waals surface area contributed by atoms with Gasteiger partial charge in [-0.2, -0.15) is 0 Å². The maximum absolute atomic E-state index is 5.98. The zero-order valence-corrected chi connectivity index (χ0v) is 12.9. The van der Waals surface area contributed by atoms with Crippen LogP contribution >= 0.6 is 11.6 Å². The maximum Gasteiger partial charge on any atom is 0.123 e. The third-order valence-electron chi connectivity index (χ3n) is 3.24. The Morgan fingerprint density at radius 1 is 1.40 bits per heavy atom. The van der Waals surface area contributed by atoms with Crippen LogP contribution in [0.2, 0.25) is 5.02 Å². The second kappa shape index (κ2) is 7.84. The SMILES string of the molecule is CN(C)CCOCCNCC1Cc2cc(Cl)ccc2O1. The van der Waals surface area contributed by atoms with E-state index in [2.05, 4.69) is 10.2 Å². The number of nitrogens with zero attached hydrogens (tertiary/aromatic N) is 1. The van der Waals surface area contributed by atoms with Crippen molar-refractivity contribution >= 4 is 11.6 Å².